The number of hydrogen-bond acceptors (Lipinski definition) is 3. The number of hydrogen-bond donors (Lipinski definition) is 1. The number of nitrogens with zero attached hydrogens (tertiary/aromatic N) is 2. The van der Waals surface area contributed by atoms with Crippen LogP contribution in [0.1, 0.15) is 34.7 Å². The molecule has 4 nitrogen and oxygen atoms in total. The Balaban J connectivity index is 1.61. The molecule has 0 aliphatic carbocycles. The molecule has 4 aromatic rings. The molecule has 0 unspecified atom stereocenters. The van der Waals surface area contributed by atoms with Gasteiger partial charge in [0.05, 0.1) is 21.8 Å². The van der Waals surface area contributed by atoms with E-state index in [-0.39, 0.29) is 12.1 Å². The lowest BCUT2D eigenvalue weighted by Gasteiger charge is -2.26. The third-order valence-corrected chi connectivity index (χ3v) is 6.76. The maximum absolute atomic E-state index is 6.39. The van der Waals surface area contributed by atoms with E-state index in [1.54, 1.807) is 12.3 Å². The molecular formula is C26H21Cl2N3OS. The number of pyridine rings is 1. The summed E-state index contributed by atoms with van der Waals surface area (Å²) >= 11 is 18.1. The molecule has 3 heterocycles. The van der Waals surface area contributed by atoms with Crippen LogP contribution in [0.5, 0.6) is 0 Å². The number of benzene rings is 2. The fourth-order valence-electron chi connectivity index (χ4n) is 4.33. The molecule has 166 valence electrons. The Morgan fingerprint density at radius 3 is 2.42 bits per heavy atom. The van der Waals surface area contributed by atoms with Crippen molar-refractivity contribution in [3.05, 3.63) is 106 Å². The zero-order valence-electron chi connectivity index (χ0n) is 18.0. The smallest absolute Gasteiger partial charge is 0.174 e. The first-order chi connectivity index (χ1) is 15.9. The fraction of sp³-hybridized carbons (Fsp3) is 0.154. The van der Waals surface area contributed by atoms with Gasteiger partial charge in [-0.05, 0) is 91.8 Å². The van der Waals surface area contributed by atoms with Crippen molar-refractivity contribution >= 4 is 46.2 Å². The van der Waals surface area contributed by atoms with Crippen molar-refractivity contribution in [2.24, 2.45) is 0 Å². The van der Waals surface area contributed by atoms with Crippen molar-refractivity contribution < 1.29 is 4.42 Å². The summed E-state index contributed by atoms with van der Waals surface area (Å²) in [5.74, 6) is 1.49. The van der Waals surface area contributed by atoms with Gasteiger partial charge in [0.15, 0.2) is 5.11 Å². The number of aromatic nitrogens is 1. The number of aryl methyl sites for hydroxylation is 2. The van der Waals surface area contributed by atoms with Crippen molar-refractivity contribution in [2.75, 3.05) is 4.90 Å². The molecule has 5 rings (SSSR count). The molecule has 1 saturated heterocycles. The average Bonchev–Trinajstić information content (AvgIpc) is 3.40. The van der Waals surface area contributed by atoms with Crippen molar-refractivity contribution in [1.82, 2.24) is 10.3 Å². The number of rotatable bonds is 4. The van der Waals surface area contributed by atoms with Crippen molar-refractivity contribution in [3.63, 3.8) is 0 Å². The first-order valence-electron chi connectivity index (χ1n) is 10.5. The zero-order chi connectivity index (χ0) is 23.1. The predicted octanol–water partition coefficient (Wildman–Crippen LogP) is 7.44. The lowest BCUT2D eigenvalue weighted by atomic mass is 10.0. The normalized spacial score (nSPS) is 17.9. The van der Waals surface area contributed by atoms with Crippen molar-refractivity contribution in [2.45, 2.75) is 25.9 Å². The van der Waals surface area contributed by atoms with Crippen LogP contribution in [0.2, 0.25) is 10.0 Å². The number of halogens is 2. The van der Waals surface area contributed by atoms with Crippen molar-refractivity contribution in [3.8, 4) is 11.3 Å². The molecule has 2 atom stereocenters. The predicted molar refractivity (Wildman–Crippen MR) is 138 cm³/mol. The molecule has 0 radical (unpaired) electrons. The van der Waals surface area contributed by atoms with E-state index in [0.29, 0.717) is 20.9 Å². The molecule has 0 spiro atoms. The summed E-state index contributed by atoms with van der Waals surface area (Å²) < 4.78 is 6.39. The van der Waals surface area contributed by atoms with Crippen molar-refractivity contribution in [1.29, 1.82) is 0 Å². The second kappa shape index (κ2) is 8.82. The van der Waals surface area contributed by atoms with Gasteiger partial charge in [-0.25, -0.2) is 0 Å². The van der Waals surface area contributed by atoms with Gasteiger partial charge in [0.1, 0.15) is 17.6 Å². The molecule has 1 aliphatic heterocycles. The first-order valence-corrected chi connectivity index (χ1v) is 11.7. The fourth-order valence-corrected chi connectivity index (χ4v) is 4.97. The van der Waals surface area contributed by atoms with E-state index in [0.717, 1.165) is 22.7 Å². The van der Waals surface area contributed by atoms with Gasteiger partial charge in [-0.3, -0.25) is 4.98 Å². The van der Waals surface area contributed by atoms with E-state index in [1.165, 1.54) is 11.1 Å². The van der Waals surface area contributed by atoms with E-state index >= 15 is 0 Å². The van der Waals surface area contributed by atoms with Crippen LogP contribution in [0.25, 0.3) is 11.3 Å². The van der Waals surface area contributed by atoms with Crippen LogP contribution in [0.3, 0.4) is 0 Å². The SMILES string of the molecule is Cc1cc(C)cc(N2C(=S)N[C@H](c3ccccn3)[C@H]2c2ccc(-c3ccc(Cl)c(Cl)c3)o2)c1. The molecule has 1 fully saturated rings. The highest BCUT2D eigenvalue weighted by atomic mass is 35.5. The summed E-state index contributed by atoms with van der Waals surface area (Å²) in [6, 6.07) is 21.3. The van der Waals surface area contributed by atoms with Gasteiger partial charge in [-0.1, -0.05) is 35.3 Å². The Bertz CT molecular complexity index is 1320. The quantitative estimate of drug-likeness (QED) is 0.299. The molecule has 0 amide bonds. The van der Waals surface area contributed by atoms with Gasteiger partial charge in [-0.2, -0.15) is 0 Å². The van der Waals surface area contributed by atoms with Gasteiger partial charge in [0.25, 0.3) is 0 Å². The van der Waals surface area contributed by atoms with Gasteiger partial charge in [0.2, 0.25) is 0 Å². The molecular weight excluding hydrogens is 473 g/mol. The monoisotopic (exact) mass is 493 g/mol. The summed E-state index contributed by atoms with van der Waals surface area (Å²) in [4.78, 5) is 6.72. The van der Waals surface area contributed by atoms with E-state index in [4.69, 9.17) is 39.8 Å². The Morgan fingerprint density at radius 2 is 1.73 bits per heavy atom. The standard InChI is InChI=1S/C26H21Cl2N3OS/c1-15-11-16(2)13-18(12-15)31-25(24(30-26(31)33)21-5-3-4-10-29-21)23-9-8-22(32-23)17-6-7-19(27)20(28)14-17/h3-14,24-25H,1-2H3,(H,30,33)/t24-,25-/m1/s1. The third-order valence-electron chi connectivity index (χ3n) is 5.71. The lowest BCUT2D eigenvalue weighted by molar-refractivity contribution is 0.439. The maximum Gasteiger partial charge on any atom is 0.174 e. The minimum absolute atomic E-state index is 0.174. The molecule has 2 aromatic heterocycles. The van der Waals surface area contributed by atoms with Crippen LogP contribution in [-0.2, 0) is 0 Å². The van der Waals surface area contributed by atoms with Crippen LogP contribution < -0.4 is 10.2 Å². The second-order valence-electron chi connectivity index (χ2n) is 8.17. The van der Waals surface area contributed by atoms with Gasteiger partial charge in [-0.15, -0.1) is 0 Å². The molecule has 1 N–H and O–H groups in total. The topological polar surface area (TPSA) is 41.3 Å². The summed E-state index contributed by atoms with van der Waals surface area (Å²) in [5.41, 5.74) is 5.11. The summed E-state index contributed by atoms with van der Waals surface area (Å²) in [6.45, 7) is 4.17. The zero-order valence-corrected chi connectivity index (χ0v) is 20.4. The Kier molecular flexibility index (Phi) is 5.87. The van der Waals surface area contributed by atoms with E-state index < -0.39 is 0 Å². The van der Waals surface area contributed by atoms with Crippen LogP contribution in [0.4, 0.5) is 5.69 Å². The number of furan rings is 1. The van der Waals surface area contributed by atoms with Gasteiger partial charge in [0, 0.05) is 17.4 Å². The van der Waals surface area contributed by atoms with E-state index in [1.807, 2.05) is 42.5 Å². The molecule has 7 heteroatoms. The van der Waals surface area contributed by atoms with Gasteiger partial charge >= 0.3 is 0 Å². The minimum Gasteiger partial charge on any atom is -0.459 e. The molecule has 0 bridgehead atoms. The van der Waals surface area contributed by atoms with E-state index in [2.05, 4.69) is 47.2 Å². The number of anilines is 1. The summed E-state index contributed by atoms with van der Waals surface area (Å²) in [7, 11) is 0. The minimum atomic E-state index is -0.217. The van der Waals surface area contributed by atoms with Crippen LogP contribution in [-0.4, -0.2) is 10.1 Å². The van der Waals surface area contributed by atoms with Crippen LogP contribution in [0.15, 0.2) is 77.3 Å². The Hall–Kier alpha value is -2.86. The molecule has 0 saturated carbocycles. The van der Waals surface area contributed by atoms with Crippen LogP contribution >= 0.6 is 35.4 Å². The highest BCUT2D eigenvalue weighted by molar-refractivity contribution is 7.80. The number of nitrogens with one attached hydrogen (secondary N) is 1. The lowest BCUT2D eigenvalue weighted by Crippen LogP contribution is -2.29. The maximum atomic E-state index is 6.39. The highest BCUT2D eigenvalue weighted by Crippen LogP contribution is 2.43. The number of thiocarbonyl (C=S) groups is 1. The largest absolute Gasteiger partial charge is 0.459 e. The third kappa shape index (κ3) is 4.24. The Morgan fingerprint density at radius 1 is 0.939 bits per heavy atom. The molecule has 2 aromatic carbocycles. The molecule has 1 aliphatic rings. The average molecular weight is 494 g/mol. The summed E-state index contributed by atoms with van der Waals surface area (Å²) in [6.07, 6.45) is 1.79. The van der Waals surface area contributed by atoms with Crippen LogP contribution in [0, 0.1) is 13.8 Å². The highest BCUT2D eigenvalue weighted by Gasteiger charge is 2.42. The Labute approximate surface area is 208 Å². The second-order valence-corrected chi connectivity index (χ2v) is 9.37. The molecule has 33 heavy (non-hydrogen) atoms. The summed E-state index contributed by atoms with van der Waals surface area (Å²) in [5, 5.41) is 5.09. The van der Waals surface area contributed by atoms with Gasteiger partial charge < -0.3 is 14.6 Å². The van der Waals surface area contributed by atoms with E-state index in [9.17, 15) is 0 Å². The first kappa shape index (κ1) is 22.0.